The van der Waals surface area contributed by atoms with Crippen molar-refractivity contribution in [3.05, 3.63) is 58.5 Å². The highest BCUT2D eigenvalue weighted by Gasteiger charge is 2.22. The largest absolute Gasteiger partial charge is 0.480 e. The van der Waals surface area contributed by atoms with E-state index in [-0.39, 0.29) is 16.7 Å². The van der Waals surface area contributed by atoms with Crippen LogP contribution in [0.5, 0.6) is 0 Å². The van der Waals surface area contributed by atoms with Gasteiger partial charge in [0.25, 0.3) is 5.91 Å². The molecule has 1 heterocycles. The van der Waals surface area contributed by atoms with E-state index < -0.39 is 17.9 Å². The van der Waals surface area contributed by atoms with Gasteiger partial charge in [-0.05, 0) is 27.6 Å². The number of halogens is 1. The topological polar surface area (TPSA) is 79.5 Å². The molecule has 1 aromatic carbocycles. The molecule has 1 atom stereocenters. The second-order valence-electron chi connectivity index (χ2n) is 4.16. The highest BCUT2D eigenvalue weighted by atomic mass is 79.9. The van der Waals surface area contributed by atoms with Crippen LogP contribution in [0, 0.1) is 0 Å². The molecule has 2 rings (SSSR count). The van der Waals surface area contributed by atoms with Gasteiger partial charge < -0.3 is 14.8 Å². The number of carbonyl (C=O) groups excluding carboxylic acids is 1. The van der Waals surface area contributed by atoms with Gasteiger partial charge in [-0.2, -0.15) is 0 Å². The van der Waals surface area contributed by atoms with Crippen molar-refractivity contribution in [3.63, 3.8) is 0 Å². The van der Waals surface area contributed by atoms with Crippen molar-refractivity contribution in [2.75, 3.05) is 0 Å². The summed E-state index contributed by atoms with van der Waals surface area (Å²) in [4.78, 5) is 23.2. The number of rotatable bonds is 5. The molecule has 5 nitrogen and oxygen atoms in total. The van der Waals surface area contributed by atoms with Gasteiger partial charge in [0.15, 0.2) is 4.67 Å². The maximum Gasteiger partial charge on any atom is 0.326 e. The Kier molecular flexibility index (Phi) is 4.57. The number of carbonyl (C=O) groups is 2. The minimum atomic E-state index is -1.08. The number of amides is 1. The molecule has 0 aliphatic carbocycles. The zero-order valence-electron chi connectivity index (χ0n) is 10.4. The number of furan rings is 1. The highest BCUT2D eigenvalue weighted by molar-refractivity contribution is 9.10. The van der Waals surface area contributed by atoms with E-state index in [1.807, 2.05) is 30.3 Å². The lowest BCUT2D eigenvalue weighted by Gasteiger charge is -2.14. The first-order valence-corrected chi connectivity index (χ1v) is 6.68. The van der Waals surface area contributed by atoms with E-state index in [2.05, 4.69) is 21.2 Å². The van der Waals surface area contributed by atoms with E-state index in [9.17, 15) is 14.7 Å². The molecule has 1 aromatic heterocycles. The van der Waals surface area contributed by atoms with Gasteiger partial charge in [0.05, 0.1) is 11.8 Å². The fourth-order valence-corrected chi connectivity index (χ4v) is 2.16. The van der Waals surface area contributed by atoms with Crippen LogP contribution in [0.25, 0.3) is 0 Å². The van der Waals surface area contributed by atoms with Crippen LogP contribution in [0.3, 0.4) is 0 Å². The molecule has 104 valence electrons. The third-order valence-electron chi connectivity index (χ3n) is 2.75. The Hall–Kier alpha value is -2.08. The quantitative estimate of drug-likeness (QED) is 0.878. The Morgan fingerprint density at radius 3 is 2.50 bits per heavy atom. The summed E-state index contributed by atoms with van der Waals surface area (Å²) in [5.41, 5.74) is 1.11. The average Bonchev–Trinajstić information content (AvgIpc) is 2.85. The van der Waals surface area contributed by atoms with Gasteiger partial charge in [-0.1, -0.05) is 30.3 Å². The zero-order chi connectivity index (χ0) is 14.5. The smallest absolute Gasteiger partial charge is 0.326 e. The van der Waals surface area contributed by atoms with Crippen molar-refractivity contribution in [2.24, 2.45) is 0 Å². The van der Waals surface area contributed by atoms with Gasteiger partial charge >= 0.3 is 5.97 Å². The van der Waals surface area contributed by atoms with Crippen LogP contribution in [0.4, 0.5) is 0 Å². The first kappa shape index (κ1) is 14.3. The molecule has 1 unspecified atom stereocenters. The van der Waals surface area contributed by atoms with Crippen molar-refractivity contribution in [1.82, 2.24) is 5.32 Å². The van der Waals surface area contributed by atoms with Gasteiger partial charge in [-0.25, -0.2) is 4.79 Å². The van der Waals surface area contributed by atoms with Gasteiger partial charge in [0.2, 0.25) is 0 Å². The van der Waals surface area contributed by atoms with E-state index >= 15 is 0 Å². The summed E-state index contributed by atoms with van der Waals surface area (Å²) in [7, 11) is 0. The number of carboxylic acids is 1. The van der Waals surface area contributed by atoms with Gasteiger partial charge in [-0.3, -0.25) is 4.79 Å². The fraction of sp³-hybridized carbons (Fsp3) is 0.143. The first-order chi connectivity index (χ1) is 9.58. The summed E-state index contributed by atoms with van der Waals surface area (Å²) >= 11 is 3.09. The Labute approximate surface area is 123 Å². The normalized spacial score (nSPS) is 11.8. The second-order valence-corrected chi connectivity index (χ2v) is 4.88. The van der Waals surface area contributed by atoms with Crippen molar-refractivity contribution >= 4 is 27.8 Å². The molecule has 2 N–H and O–H groups in total. The molecule has 2 aromatic rings. The van der Waals surface area contributed by atoms with Crippen LogP contribution >= 0.6 is 15.9 Å². The zero-order valence-corrected chi connectivity index (χ0v) is 12.0. The molecule has 1 amide bonds. The van der Waals surface area contributed by atoms with Crippen molar-refractivity contribution < 1.29 is 19.1 Å². The van der Waals surface area contributed by atoms with Crippen molar-refractivity contribution in [3.8, 4) is 0 Å². The predicted molar refractivity (Wildman–Crippen MR) is 75.4 cm³/mol. The van der Waals surface area contributed by atoms with Gasteiger partial charge in [0.1, 0.15) is 6.04 Å². The molecule has 0 bridgehead atoms. The summed E-state index contributed by atoms with van der Waals surface area (Å²) in [6.45, 7) is 0. The summed E-state index contributed by atoms with van der Waals surface area (Å²) < 4.78 is 5.23. The molecule has 0 aliphatic rings. The maximum atomic E-state index is 12.0. The number of benzene rings is 1. The molecular formula is C14H12BrNO4. The van der Waals surface area contributed by atoms with E-state index in [0.29, 0.717) is 0 Å². The van der Waals surface area contributed by atoms with Gasteiger partial charge in [0, 0.05) is 6.42 Å². The van der Waals surface area contributed by atoms with E-state index in [4.69, 9.17) is 4.42 Å². The minimum absolute atomic E-state index is 0.220. The monoisotopic (exact) mass is 337 g/mol. The van der Waals surface area contributed by atoms with Crippen LogP contribution < -0.4 is 5.32 Å². The summed E-state index contributed by atoms with van der Waals surface area (Å²) in [6.07, 6.45) is 1.57. The molecule has 6 heteroatoms. The third-order valence-corrected chi connectivity index (χ3v) is 3.36. The molecular weight excluding hydrogens is 326 g/mol. The van der Waals surface area contributed by atoms with Gasteiger partial charge in [-0.15, -0.1) is 0 Å². The molecule has 0 fully saturated rings. The standard InChI is InChI=1S/C14H12BrNO4/c15-12-10(6-7-20-12)13(17)16-11(14(18)19)8-9-4-2-1-3-5-9/h1-7,11H,8H2,(H,16,17)(H,18,19). The van der Waals surface area contributed by atoms with Crippen LogP contribution in [0.15, 0.2) is 51.7 Å². The first-order valence-electron chi connectivity index (χ1n) is 5.88. The highest BCUT2D eigenvalue weighted by Crippen LogP contribution is 2.17. The maximum absolute atomic E-state index is 12.0. The van der Waals surface area contributed by atoms with E-state index in [1.165, 1.54) is 12.3 Å². The second kappa shape index (κ2) is 6.38. The SMILES string of the molecule is O=C(NC(Cc1ccccc1)C(=O)O)c1ccoc1Br. The Morgan fingerprint density at radius 2 is 1.95 bits per heavy atom. The lowest BCUT2D eigenvalue weighted by atomic mass is 10.1. The summed E-state index contributed by atoms with van der Waals surface area (Å²) in [5.74, 6) is -1.57. The van der Waals surface area contributed by atoms with Crippen LogP contribution in [0.2, 0.25) is 0 Å². The number of carboxylic acid groups (broad SMARTS) is 1. The average molecular weight is 338 g/mol. The Morgan fingerprint density at radius 1 is 1.25 bits per heavy atom. The lowest BCUT2D eigenvalue weighted by Crippen LogP contribution is -2.42. The van der Waals surface area contributed by atoms with Crippen LogP contribution in [-0.2, 0) is 11.2 Å². The van der Waals surface area contributed by atoms with E-state index in [0.717, 1.165) is 5.56 Å². The third kappa shape index (κ3) is 3.48. The number of hydrogen-bond donors (Lipinski definition) is 2. The van der Waals surface area contributed by atoms with Crippen molar-refractivity contribution in [2.45, 2.75) is 12.5 Å². The molecule has 20 heavy (non-hydrogen) atoms. The summed E-state index contributed by atoms with van der Waals surface area (Å²) in [6, 6.07) is 9.60. The molecule has 0 saturated heterocycles. The molecule has 0 saturated carbocycles. The lowest BCUT2D eigenvalue weighted by molar-refractivity contribution is -0.139. The molecule has 0 radical (unpaired) electrons. The fourth-order valence-electron chi connectivity index (χ4n) is 1.74. The number of nitrogens with one attached hydrogen (secondary N) is 1. The molecule has 0 aliphatic heterocycles. The summed E-state index contributed by atoms with van der Waals surface area (Å²) in [5, 5.41) is 11.7. The molecule has 0 spiro atoms. The Bertz CT molecular complexity index is 609. The van der Waals surface area contributed by atoms with Crippen molar-refractivity contribution in [1.29, 1.82) is 0 Å². The predicted octanol–water partition coefficient (Wildman–Crippen LogP) is 2.47. The Balaban J connectivity index is 2.09. The minimum Gasteiger partial charge on any atom is -0.480 e. The van der Waals surface area contributed by atoms with E-state index in [1.54, 1.807) is 0 Å². The number of hydrogen-bond acceptors (Lipinski definition) is 3. The van der Waals surface area contributed by atoms with Crippen LogP contribution in [0.1, 0.15) is 15.9 Å². The van der Waals surface area contributed by atoms with Crippen LogP contribution in [-0.4, -0.2) is 23.0 Å². The number of aliphatic carboxylic acids is 1.